The van der Waals surface area contributed by atoms with Gasteiger partial charge in [0.25, 0.3) is 0 Å². The fourth-order valence-corrected chi connectivity index (χ4v) is 4.25. The van der Waals surface area contributed by atoms with Crippen LogP contribution in [0.25, 0.3) is 33.4 Å². The zero-order valence-electron chi connectivity index (χ0n) is 19.6. The van der Waals surface area contributed by atoms with Crippen molar-refractivity contribution < 1.29 is 15.0 Å². The van der Waals surface area contributed by atoms with Crippen molar-refractivity contribution >= 4 is 27.9 Å². The maximum Gasteiger partial charge on any atom is 0.186 e. The molecule has 0 spiro atoms. The molecule has 0 aliphatic carbocycles. The molecule has 5 rings (SSSR count). The third-order valence-corrected chi connectivity index (χ3v) is 6.03. The van der Waals surface area contributed by atoms with E-state index in [1.54, 1.807) is 12.1 Å². The summed E-state index contributed by atoms with van der Waals surface area (Å²) in [5.74, 6) is -0.765. The SMILES string of the molecule is [CH2]c1c(O)c(-n2nc3ccccc3n2)c(CC(O)C(=O)C(=C)C)c(CN)c1-n1nc2ccccc2n1. The second kappa shape index (κ2) is 8.99. The van der Waals surface area contributed by atoms with Crippen LogP contribution in [0.4, 0.5) is 0 Å². The summed E-state index contributed by atoms with van der Waals surface area (Å²) in [6.07, 6.45) is -1.60. The summed E-state index contributed by atoms with van der Waals surface area (Å²) in [5.41, 5.74) is 10.5. The highest BCUT2D eigenvalue weighted by Gasteiger charge is 2.29. The Kier molecular flexibility index (Phi) is 5.83. The van der Waals surface area contributed by atoms with Crippen molar-refractivity contribution in [2.24, 2.45) is 5.73 Å². The molecule has 1 unspecified atom stereocenters. The van der Waals surface area contributed by atoms with E-state index in [-0.39, 0.29) is 35.5 Å². The Morgan fingerprint density at radius 3 is 1.78 bits per heavy atom. The van der Waals surface area contributed by atoms with Crippen LogP contribution in [0.15, 0.2) is 60.7 Å². The molecule has 0 fully saturated rings. The monoisotopic (exact) mass is 482 g/mol. The van der Waals surface area contributed by atoms with Gasteiger partial charge in [-0.1, -0.05) is 30.8 Å². The zero-order chi connectivity index (χ0) is 25.6. The van der Waals surface area contributed by atoms with Crippen LogP contribution in [0.5, 0.6) is 5.75 Å². The van der Waals surface area contributed by atoms with E-state index in [9.17, 15) is 15.0 Å². The van der Waals surface area contributed by atoms with Gasteiger partial charge in [0.15, 0.2) is 5.78 Å². The molecule has 4 N–H and O–H groups in total. The normalized spacial score (nSPS) is 12.3. The van der Waals surface area contributed by atoms with Gasteiger partial charge in [-0.05, 0) is 54.8 Å². The second-order valence-corrected chi connectivity index (χ2v) is 8.51. The van der Waals surface area contributed by atoms with Crippen LogP contribution in [0, 0.1) is 6.92 Å². The summed E-state index contributed by atoms with van der Waals surface area (Å²) in [5, 5.41) is 40.2. The number of benzene rings is 3. The first-order valence-electron chi connectivity index (χ1n) is 11.3. The molecule has 0 bridgehead atoms. The van der Waals surface area contributed by atoms with Gasteiger partial charge >= 0.3 is 0 Å². The smallest absolute Gasteiger partial charge is 0.186 e. The largest absolute Gasteiger partial charge is 0.505 e. The van der Waals surface area contributed by atoms with Crippen LogP contribution in [-0.2, 0) is 17.8 Å². The van der Waals surface area contributed by atoms with E-state index in [0.717, 1.165) is 0 Å². The van der Waals surface area contributed by atoms with Gasteiger partial charge in [0, 0.05) is 18.5 Å². The van der Waals surface area contributed by atoms with Crippen LogP contribution in [0.2, 0.25) is 0 Å². The third kappa shape index (κ3) is 3.82. The van der Waals surface area contributed by atoms with Crippen LogP contribution in [0.3, 0.4) is 0 Å². The molecule has 1 atom stereocenters. The average molecular weight is 483 g/mol. The number of carbonyl (C=O) groups excluding carboxylic acids is 1. The van der Waals surface area contributed by atoms with Crippen LogP contribution in [0.1, 0.15) is 23.6 Å². The summed E-state index contributed by atoms with van der Waals surface area (Å²) >= 11 is 0. The van der Waals surface area contributed by atoms with Gasteiger partial charge in [-0.15, -0.1) is 30.0 Å². The fourth-order valence-electron chi connectivity index (χ4n) is 4.25. The van der Waals surface area contributed by atoms with Gasteiger partial charge in [-0.25, -0.2) is 0 Å². The number of aliphatic hydroxyl groups is 1. The van der Waals surface area contributed by atoms with Gasteiger partial charge in [0.05, 0.1) is 5.69 Å². The van der Waals surface area contributed by atoms with E-state index >= 15 is 0 Å². The van der Waals surface area contributed by atoms with Crippen molar-refractivity contribution in [1.29, 1.82) is 0 Å². The van der Waals surface area contributed by atoms with Crippen molar-refractivity contribution in [3.63, 3.8) is 0 Å². The van der Waals surface area contributed by atoms with E-state index in [2.05, 4.69) is 33.9 Å². The lowest BCUT2D eigenvalue weighted by Gasteiger charge is -2.22. The molecule has 0 aliphatic rings. The van der Waals surface area contributed by atoms with E-state index < -0.39 is 11.9 Å². The number of fused-ring (bicyclic) bond motifs is 2. The number of nitrogens with two attached hydrogens (primary N) is 1. The lowest BCUT2D eigenvalue weighted by atomic mass is 9.92. The average Bonchev–Trinajstić information content (AvgIpc) is 3.49. The van der Waals surface area contributed by atoms with Crippen LogP contribution in [-0.4, -0.2) is 52.1 Å². The molecule has 0 amide bonds. The molecule has 10 nitrogen and oxygen atoms in total. The minimum atomic E-state index is -1.43. The second-order valence-electron chi connectivity index (χ2n) is 8.51. The number of aromatic hydroxyl groups is 1. The number of rotatable bonds is 7. The molecule has 181 valence electrons. The Morgan fingerprint density at radius 2 is 1.36 bits per heavy atom. The summed E-state index contributed by atoms with van der Waals surface area (Å²) in [6, 6.07) is 14.5. The van der Waals surface area contributed by atoms with Crippen molar-refractivity contribution in [2.45, 2.75) is 26.0 Å². The first-order chi connectivity index (χ1) is 17.3. The molecule has 0 aliphatic heterocycles. The fraction of sp³-hybridized carbons (Fsp3) is 0.154. The molecular formula is C26H24N7O3. The Labute approximate surface area is 206 Å². The minimum absolute atomic E-state index is 0.0207. The zero-order valence-corrected chi connectivity index (χ0v) is 19.6. The quantitative estimate of drug-likeness (QED) is 0.300. The standard InChI is InChI=1S/C26H24N7O3/c1-14(2)25(35)22(34)12-16-17(13-27)23(32-28-18-8-4-5-9-19(18)29-32)15(3)26(36)24(16)33-30-20-10-6-7-11-21(20)31-33/h4-11,22,34,36H,1,3,12-13,27H2,2H3. The summed E-state index contributed by atoms with van der Waals surface area (Å²) in [4.78, 5) is 15.2. The number of hydrogen-bond donors (Lipinski definition) is 3. The Morgan fingerprint density at radius 1 is 0.917 bits per heavy atom. The number of nitrogens with zero attached hydrogens (tertiary/aromatic N) is 6. The molecular weight excluding hydrogens is 458 g/mol. The molecule has 3 aromatic carbocycles. The van der Waals surface area contributed by atoms with Crippen molar-refractivity contribution in [1.82, 2.24) is 30.0 Å². The maximum absolute atomic E-state index is 12.5. The van der Waals surface area contributed by atoms with Crippen molar-refractivity contribution in [2.75, 3.05) is 0 Å². The molecule has 5 aromatic rings. The predicted octanol–water partition coefficient (Wildman–Crippen LogP) is 2.55. The number of Topliss-reactive ketones (excluding diaryl/α,β-unsaturated/α-hetero) is 1. The Bertz CT molecular complexity index is 1580. The van der Waals surface area contributed by atoms with E-state index in [4.69, 9.17) is 5.73 Å². The number of phenolic OH excluding ortho intramolecular Hbond substituents is 1. The topological polar surface area (TPSA) is 145 Å². The number of hydrogen-bond acceptors (Lipinski definition) is 8. The number of aliphatic hydroxyl groups excluding tert-OH is 1. The third-order valence-electron chi connectivity index (χ3n) is 6.03. The van der Waals surface area contributed by atoms with E-state index in [0.29, 0.717) is 38.9 Å². The molecule has 10 heteroatoms. The lowest BCUT2D eigenvalue weighted by molar-refractivity contribution is -0.123. The summed E-state index contributed by atoms with van der Waals surface area (Å²) in [7, 11) is 0. The van der Waals surface area contributed by atoms with Gasteiger partial charge < -0.3 is 15.9 Å². The van der Waals surface area contributed by atoms with E-state index in [1.807, 2.05) is 36.4 Å². The Balaban J connectivity index is 1.80. The number of carbonyl (C=O) groups is 1. The Hall–Kier alpha value is -4.41. The number of phenols is 1. The summed E-state index contributed by atoms with van der Waals surface area (Å²) < 4.78 is 0. The highest BCUT2D eigenvalue weighted by Crippen LogP contribution is 2.38. The van der Waals surface area contributed by atoms with E-state index in [1.165, 1.54) is 16.5 Å². The molecule has 36 heavy (non-hydrogen) atoms. The van der Waals surface area contributed by atoms with Gasteiger partial charge in [0.2, 0.25) is 0 Å². The maximum atomic E-state index is 12.5. The van der Waals surface area contributed by atoms with Crippen LogP contribution < -0.4 is 5.73 Å². The first kappa shape index (κ1) is 23.3. The number of ketones is 1. The molecule has 2 heterocycles. The highest BCUT2D eigenvalue weighted by atomic mass is 16.3. The lowest BCUT2D eigenvalue weighted by Crippen LogP contribution is -2.26. The summed E-state index contributed by atoms with van der Waals surface area (Å²) in [6.45, 7) is 9.23. The molecule has 0 saturated carbocycles. The highest BCUT2D eigenvalue weighted by molar-refractivity contribution is 5.97. The molecule has 0 saturated heterocycles. The first-order valence-corrected chi connectivity index (χ1v) is 11.3. The van der Waals surface area contributed by atoms with Gasteiger partial charge in [0.1, 0.15) is 39.6 Å². The number of aromatic nitrogens is 6. The van der Waals surface area contributed by atoms with Crippen LogP contribution >= 0.6 is 0 Å². The molecule has 1 radical (unpaired) electrons. The predicted molar refractivity (Wildman–Crippen MR) is 135 cm³/mol. The minimum Gasteiger partial charge on any atom is -0.505 e. The van der Waals surface area contributed by atoms with Gasteiger partial charge in [-0.3, -0.25) is 4.79 Å². The van der Waals surface area contributed by atoms with Crippen molar-refractivity contribution in [3.05, 3.63) is 84.3 Å². The molecule has 2 aromatic heterocycles. The van der Waals surface area contributed by atoms with Gasteiger partial charge in [-0.2, -0.15) is 0 Å². The van der Waals surface area contributed by atoms with Crippen molar-refractivity contribution in [3.8, 4) is 17.1 Å².